The number of hydrogen-bond donors (Lipinski definition) is 2. The lowest BCUT2D eigenvalue weighted by molar-refractivity contribution is -0.116. The molecular formula is C22H18N4O3. The first kappa shape index (κ1) is 17.2. The van der Waals surface area contributed by atoms with Gasteiger partial charge in [-0.05, 0) is 17.2 Å². The molecule has 2 aromatic heterocycles. The van der Waals surface area contributed by atoms with Gasteiger partial charge in [0.25, 0.3) is 5.56 Å². The van der Waals surface area contributed by atoms with Gasteiger partial charge in [-0.25, -0.2) is 4.79 Å². The van der Waals surface area contributed by atoms with Crippen molar-refractivity contribution in [1.82, 2.24) is 14.1 Å². The first-order chi connectivity index (χ1) is 14.0. The van der Waals surface area contributed by atoms with Crippen LogP contribution in [0, 0.1) is 0 Å². The molecular weight excluding hydrogens is 368 g/mol. The van der Waals surface area contributed by atoms with Gasteiger partial charge in [0.05, 0.1) is 17.0 Å². The van der Waals surface area contributed by atoms with Crippen LogP contribution in [0.25, 0.3) is 22.3 Å². The third kappa shape index (κ3) is 2.34. The van der Waals surface area contributed by atoms with Gasteiger partial charge in [-0.15, -0.1) is 0 Å². The van der Waals surface area contributed by atoms with E-state index in [1.54, 1.807) is 7.05 Å². The summed E-state index contributed by atoms with van der Waals surface area (Å²) in [5, 5.41) is 3.26. The molecule has 1 unspecified atom stereocenters. The normalized spacial score (nSPS) is 15.5. The van der Waals surface area contributed by atoms with E-state index in [4.69, 9.17) is 0 Å². The van der Waals surface area contributed by atoms with Gasteiger partial charge in [-0.1, -0.05) is 48.5 Å². The zero-order valence-electron chi connectivity index (χ0n) is 15.9. The van der Waals surface area contributed by atoms with Gasteiger partial charge in [-0.2, -0.15) is 0 Å². The lowest BCUT2D eigenvalue weighted by Gasteiger charge is -2.12. The van der Waals surface area contributed by atoms with Crippen molar-refractivity contribution < 1.29 is 4.79 Å². The summed E-state index contributed by atoms with van der Waals surface area (Å²) in [6.07, 6.45) is 0. The number of H-pyrrole nitrogens is 1. The van der Waals surface area contributed by atoms with Crippen LogP contribution in [0.3, 0.4) is 0 Å². The topological polar surface area (TPSA) is 88.9 Å². The molecule has 1 aliphatic heterocycles. The summed E-state index contributed by atoms with van der Waals surface area (Å²) in [7, 11) is 3.06. The number of anilines is 1. The Morgan fingerprint density at radius 3 is 2.31 bits per heavy atom. The van der Waals surface area contributed by atoms with Gasteiger partial charge in [0.2, 0.25) is 5.91 Å². The van der Waals surface area contributed by atoms with Crippen LogP contribution in [0.15, 0.2) is 64.2 Å². The standard InChI is InChI=1S/C22H18N4O3/c1-25-19-17(21(28)26(2)22(25)29)16(18(24-19)12-8-4-3-5-9-12)15-13-10-6-7-11-14(13)23-20(15)27/h3-11,15,24H,1-2H3,(H,23,27). The van der Waals surface area contributed by atoms with Gasteiger partial charge in [0.1, 0.15) is 5.65 Å². The SMILES string of the molecule is Cn1c(=O)c2c(C3C(=O)Nc4ccccc43)c(-c3ccccc3)[nH]c2n(C)c1=O. The number of fused-ring (bicyclic) bond motifs is 2. The minimum atomic E-state index is -0.652. The Morgan fingerprint density at radius 2 is 1.55 bits per heavy atom. The molecule has 0 aliphatic carbocycles. The monoisotopic (exact) mass is 386 g/mol. The number of benzene rings is 2. The van der Waals surface area contributed by atoms with Gasteiger partial charge in [0, 0.05) is 25.3 Å². The molecule has 0 saturated heterocycles. The summed E-state index contributed by atoms with van der Waals surface area (Å²) >= 11 is 0. The van der Waals surface area contributed by atoms with Crippen LogP contribution in [0.1, 0.15) is 17.0 Å². The number of carbonyl (C=O) groups is 1. The Bertz CT molecular complexity index is 1410. The van der Waals surface area contributed by atoms with Crippen LogP contribution in [-0.2, 0) is 18.9 Å². The van der Waals surface area contributed by atoms with E-state index < -0.39 is 17.2 Å². The molecule has 4 aromatic rings. The fourth-order valence-electron chi connectivity index (χ4n) is 4.16. The molecule has 1 amide bonds. The van der Waals surface area contributed by atoms with Gasteiger partial charge in [-0.3, -0.25) is 18.7 Å². The highest BCUT2D eigenvalue weighted by Gasteiger charge is 2.37. The van der Waals surface area contributed by atoms with Crippen molar-refractivity contribution in [3.05, 3.63) is 86.6 Å². The van der Waals surface area contributed by atoms with E-state index in [1.807, 2.05) is 54.6 Å². The number of rotatable bonds is 2. The molecule has 0 radical (unpaired) electrons. The van der Waals surface area contributed by atoms with Gasteiger partial charge in [0.15, 0.2) is 0 Å². The number of aryl methyl sites for hydroxylation is 1. The fourth-order valence-corrected chi connectivity index (χ4v) is 4.16. The van der Waals surface area contributed by atoms with Crippen molar-refractivity contribution in [2.75, 3.05) is 5.32 Å². The highest BCUT2D eigenvalue weighted by Crippen LogP contribution is 2.43. The molecule has 0 spiro atoms. The van der Waals surface area contributed by atoms with Crippen molar-refractivity contribution in [1.29, 1.82) is 0 Å². The summed E-state index contributed by atoms with van der Waals surface area (Å²) in [5.41, 5.74) is 3.19. The van der Waals surface area contributed by atoms with E-state index in [-0.39, 0.29) is 5.91 Å². The quantitative estimate of drug-likeness (QED) is 0.554. The first-order valence-electron chi connectivity index (χ1n) is 9.26. The largest absolute Gasteiger partial charge is 0.340 e. The highest BCUT2D eigenvalue weighted by molar-refractivity contribution is 6.08. The van der Waals surface area contributed by atoms with Gasteiger partial charge < -0.3 is 10.3 Å². The maximum Gasteiger partial charge on any atom is 0.332 e. The first-order valence-corrected chi connectivity index (χ1v) is 9.26. The molecule has 0 bridgehead atoms. The average molecular weight is 386 g/mol. The Hall–Kier alpha value is -3.87. The zero-order valence-corrected chi connectivity index (χ0v) is 15.9. The molecule has 7 nitrogen and oxygen atoms in total. The fraction of sp³-hybridized carbons (Fsp3) is 0.136. The lowest BCUT2D eigenvalue weighted by atomic mass is 9.89. The van der Waals surface area contributed by atoms with Crippen molar-refractivity contribution in [2.24, 2.45) is 14.1 Å². The Labute approximate surface area is 165 Å². The molecule has 144 valence electrons. The average Bonchev–Trinajstić information content (AvgIpc) is 3.28. The maximum absolute atomic E-state index is 13.1. The third-order valence-electron chi connectivity index (χ3n) is 5.59. The number of amides is 1. The van der Waals surface area contributed by atoms with E-state index in [9.17, 15) is 14.4 Å². The number of aromatic amines is 1. The molecule has 0 saturated carbocycles. The number of nitrogens with one attached hydrogen (secondary N) is 2. The molecule has 5 rings (SSSR count). The molecule has 0 fully saturated rings. The van der Waals surface area contributed by atoms with Crippen LogP contribution in [-0.4, -0.2) is 20.0 Å². The summed E-state index contributed by atoms with van der Waals surface area (Å²) < 4.78 is 2.48. The Kier molecular flexibility index (Phi) is 3.61. The number of carbonyl (C=O) groups excluding carboxylic acids is 1. The van der Waals surface area contributed by atoms with Gasteiger partial charge >= 0.3 is 5.69 Å². The van der Waals surface area contributed by atoms with E-state index in [0.29, 0.717) is 22.3 Å². The second kappa shape index (κ2) is 6.07. The summed E-state index contributed by atoms with van der Waals surface area (Å²) in [6, 6.07) is 17.0. The number of aromatic nitrogens is 3. The molecule has 1 atom stereocenters. The second-order valence-corrected chi connectivity index (χ2v) is 7.22. The number of hydrogen-bond acceptors (Lipinski definition) is 3. The van der Waals surface area contributed by atoms with Crippen LogP contribution in [0.4, 0.5) is 5.69 Å². The van der Waals surface area contributed by atoms with Crippen molar-refractivity contribution >= 4 is 22.6 Å². The van der Waals surface area contributed by atoms with Crippen molar-refractivity contribution in [3.63, 3.8) is 0 Å². The molecule has 29 heavy (non-hydrogen) atoms. The second-order valence-electron chi connectivity index (χ2n) is 7.22. The predicted octanol–water partition coefficient (Wildman–Crippen LogP) is 2.32. The summed E-state index contributed by atoms with van der Waals surface area (Å²) in [4.78, 5) is 41.9. The van der Waals surface area contributed by atoms with Crippen LogP contribution in [0.2, 0.25) is 0 Å². The minimum Gasteiger partial charge on any atom is -0.340 e. The van der Waals surface area contributed by atoms with Crippen LogP contribution in [0.5, 0.6) is 0 Å². The van der Waals surface area contributed by atoms with E-state index in [1.165, 1.54) is 11.6 Å². The highest BCUT2D eigenvalue weighted by atomic mass is 16.2. The summed E-state index contributed by atoms with van der Waals surface area (Å²) in [5.74, 6) is -0.847. The molecule has 3 heterocycles. The molecule has 2 N–H and O–H groups in total. The number of nitrogens with zero attached hydrogens (tertiary/aromatic N) is 2. The molecule has 2 aromatic carbocycles. The predicted molar refractivity (Wildman–Crippen MR) is 111 cm³/mol. The zero-order chi connectivity index (χ0) is 20.3. The van der Waals surface area contributed by atoms with E-state index >= 15 is 0 Å². The van der Waals surface area contributed by atoms with Crippen molar-refractivity contribution in [3.8, 4) is 11.3 Å². The van der Waals surface area contributed by atoms with Crippen molar-refractivity contribution in [2.45, 2.75) is 5.92 Å². The third-order valence-corrected chi connectivity index (χ3v) is 5.59. The summed E-state index contributed by atoms with van der Waals surface area (Å²) in [6.45, 7) is 0. The van der Waals surface area contributed by atoms with Crippen LogP contribution >= 0.6 is 0 Å². The van der Waals surface area contributed by atoms with Crippen LogP contribution < -0.4 is 16.6 Å². The lowest BCUT2D eigenvalue weighted by Crippen LogP contribution is -2.37. The minimum absolute atomic E-state index is 0.194. The molecule has 7 heteroatoms. The Morgan fingerprint density at radius 1 is 0.862 bits per heavy atom. The number of para-hydroxylation sites is 1. The Balaban J connectivity index is 1.96. The smallest absolute Gasteiger partial charge is 0.332 e. The van der Waals surface area contributed by atoms with E-state index in [2.05, 4.69) is 10.3 Å². The molecule has 1 aliphatic rings. The van der Waals surface area contributed by atoms with E-state index in [0.717, 1.165) is 21.4 Å². The maximum atomic E-state index is 13.1.